The van der Waals surface area contributed by atoms with E-state index in [-0.39, 0.29) is 11.7 Å². The molecule has 0 bridgehead atoms. The van der Waals surface area contributed by atoms with Crippen LogP contribution in [0.5, 0.6) is 5.75 Å². The fraction of sp³-hybridized carbons (Fsp3) is 0. The summed E-state index contributed by atoms with van der Waals surface area (Å²) >= 11 is 4.78. The summed E-state index contributed by atoms with van der Waals surface area (Å²) in [5, 5.41) is 14.7. The number of phenols is 1. The van der Waals surface area contributed by atoms with Crippen molar-refractivity contribution >= 4 is 29.3 Å². The van der Waals surface area contributed by atoms with E-state index in [1.165, 1.54) is 0 Å². The minimum Gasteiger partial charge on any atom is -0.508 e. The van der Waals surface area contributed by atoms with Crippen LogP contribution in [-0.2, 0) is 4.79 Å². The first-order valence-corrected chi connectivity index (χ1v) is 4.69. The quantitative estimate of drug-likeness (QED) is 0.482. The van der Waals surface area contributed by atoms with Crippen molar-refractivity contribution in [2.75, 3.05) is 0 Å². The molecule has 1 saturated heterocycles. The smallest absolute Gasteiger partial charge is 0.273 e. The average Bonchev–Trinajstić information content (AvgIpc) is 2.45. The molecule has 4 nitrogen and oxygen atoms in total. The highest BCUT2D eigenvalue weighted by molar-refractivity contribution is 7.80. The number of hydrogen-bond acceptors (Lipinski definition) is 3. The Morgan fingerprint density at radius 2 is 2.13 bits per heavy atom. The Bertz CT molecular complexity index is 468. The van der Waals surface area contributed by atoms with Gasteiger partial charge in [-0.15, -0.1) is 0 Å². The summed E-state index contributed by atoms with van der Waals surface area (Å²) in [7, 11) is 0. The molecule has 2 rings (SSSR count). The molecule has 1 aromatic carbocycles. The van der Waals surface area contributed by atoms with Gasteiger partial charge in [0, 0.05) is 0 Å². The van der Waals surface area contributed by atoms with Gasteiger partial charge in [0.05, 0.1) is 0 Å². The molecule has 0 atom stereocenters. The number of benzene rings is 1. The second-order valence-corrected chi connectivity index (χ2v) is 3.47. The number of rotatable bonds is 1. The standard InChI is InChI=1S/C10H8N2O2S/c13-7-3-1-2-6(4-7)5-8-9(14)12-10(15)11-8/h1-5,13H,(H2,11,12,14,15)/b8-5+. The van der Waals surface area contributed by atoms with Gasteiger partial charge in [-0.3, -0.25) is 10.1 Å². The summed E-state index contributed by atoms with van der Waals surface area (Å²) in [6.45, 7) is 0. The maximum absolute atomic E-state index is 11.3. The van der Waals surface area contributed by atoms with E-state index < -0.39 is 0 Å². The predicted octanol–water partition coefficient (Wildman–Crippen LogP) is 0.737. The zero-order valence-corrected chi connectivity index (χ0v) is 8.47. The largest absolute Gasteiger partial charge is 0.508 e. The maximum atomic E-state index is 11.3. The third-order valence-corrected chi connectivity index (χ3v) is 2.11. The molecule has 1 fully saturated rings. The number of carbonyl (C=O) groups is 1. The summed E-state index contributed by atoms with van der Waals surface area (Å²) in [5.41, 5.74) is 1.11. The molecule has 15 heavy (non-hydrogen) atoms. The van der Waals surface area contributed by atoms with E-state index in [1.54, 1.807) is 30.3 Å². The van der Waals surface area contributed by atoms with Crippen molar-refractivity contribution in [3.05, 3.63) is 35.5 Å². The summed E-state index contributed by atoms with van der Waals surface area (Å²) in [4.78, 5) is 11.3. The molecule has 5 heteroatoms. The molecule has 0 aliphatic carbocycles. The molecule has 1 aromatic rings. The lowest BCUT2D eigenvalue weighted by molar-refractivity contribution is -0.115. The molecule has 0 spiro atoms. The zero-order chi connectivity index (χ0) is 10.8. The van der Waals surface area contributed by atoms with Crippen molar-refractivity contribution in [3.8, 4) is 5.75 Å². The summed E-state index contributed by atoms with van der Waals surface area (Å²) in [6, 6.07) is 6.61. The molecular weight excluding hydrogens is 212 g/mol. The minimum absolute atomic E-state index is 0.158. The lowest BCUT2D eigenvalue weighted by Crippen LogP contribution is -2.21. The fourth-order valence-corrected chi connectivity index (χ4v) is 1.47. The lowest BCUT2D eigenvalue weighted by atomic mass is 10.2. The molecule has 1 aliphatic heterocycles. The number of thiocarbonyl (C=S) groups is 1. The van der Waals surface area contributed by atoms with Crippen LogP contribution < -0.4 is 10.6 Å². The maximum Gasteiger partial charge on any atom is 0.273 e. The first-order valence-electron chi connectivity index (χ1n) is 4.28. The Labute approximate surface area is 91.6 Å². The van der Waals surface area contributed by atoms with Crippen molar-refractivity contribution in [2.45, 2.75) is 0 Å². The molecule has 1 heterocycles. The lowest BCUT2D eigenvalue weighted by Gasteiger charge is -1.97. The van der Waals surface area contributed by atoms with Gasteiger partial charge in [-0.2, -0.15) is 0 Å². The molecule has 76 valence electrons. The molecule has 0 aromatic heterocycles. The van der Waals surface area contributed by atoms with Crippen LogP contribution in [0.4, 0.5) is 0 Å². The predicted molar refractivity (Wildman–Crippen MR) is 60.0 cm³/mol. The molecule has 0 unspecified atom stereocenters. The molecule has 1 aliphatic rings. The Hall–Kier alpha value is -1.88. The van der Waals surface area contributed by atoms with E-state index in [2.05, 4.69) is 10.6 Å². The van der Waals surface area contributed by atoms with Gasteiger partial charge in [-0.25, -0.2) is 0 Å². The van der Waals surface area contributed by atoms with Crippen LogP contribution in [0.2, 0.25) is 0 Å². The van der Waals surface area contributed by atoms with E-state index in [0.717, 1.165) is 5.56 Å². The summed E-state index contributed by atoms with van der Waals surface area (Å²) in [6.07, 6.45) is 1.62. The number of carbonyl (C=O) groups excluding carboxylic acids is 1. The Kier molecular flexibility index (Phi) is 2.39. The van der Waals surface area contributed by atoms with Crippen molar-refractivity contribution in [1.82, 2.24) is 10.6 Å². The highest BCUT2D eigenvalue weighted by Gasteiger charge is 2.19. The van der Waals surface area contributed by atoms with Gasteiger partial charge in [0.2, 0.25) is 0 Å². The average molecular weight is 220 g/mol. The third-order valence-electron chi connectivity index (χ3n) is 1.90. The topological polar surface area (TPSA) is 61.4 Å². The van der Waals surface area contributed by atoms with Crippen molar-refractivity contribution < 1.29 is 9.90 Å². The van der Waals surface area contributed by atoms with E-state index in [0.29, 0.717) is 10.8 Å². The van der Waals surface area contributed by atoms with Gasteiger partial charge in [0.1, 0.15) is 11.4 Å². The van der Waals surface area contributed by atoms with E-state index >= 15 is 0 Å². The highest BCUT2D eigenvalue weighted by atomic mass is 32.1. The molecule has 0 radical (unpaired) electrons. The van der Waals surface area contributed by atoms with Gasteiger partial charge in [0.25, 0.3) is 5.91 Å². The van der Waals surface area contributed by atoms with Gasteiger partial charge < -0.3 is 10.4 Å². The van der Waals surface area contributed by atoms with Crippen LogP contribution in [0.25, 0.3) is 6.08 Å². The fourth-order valence-electron chi connectivity index (χ4n) is 1.26. The van der Waals surface area contributed by atoms with Crippen LogP contribution in [0.1, 0.15) is 5.56 Å². The number of phenolic OH excluding ortho intramolecular Hbond substituents is 1. The van der Waals surface area contributed by atoms with Crippen LogP contribution >= 0.6 is 12.2 Å². The van der Waals surface area contributed by atoms with Crippen molar-refractivity contribution in [1.29, 1.82) is 0 Å². The third kappa shape index (κ3) is 2.13. The van der Waals surface area contributed by atoms with Crippen molar-refractivity contribution in [2.24, 2.45) is 0 Å². The van der Waals surface area contributed by atoms with Crippen LogP contribution in [0.3, 0.4) is 0 Å². The minimum atomic E-state index is -0.261. The van der Waals surface area contributed by atoms with Crippen LogP contribution in [-0.4, -0.2) is 16.1 Å². The number of aromatic hydroxyl groups is 1. The van der Waals surface area contributed by atoms with Gasteiger partial charge in [-0.1, -0.05) is 12.1 Å². The van der Waals surface area contributed by atoms with Crippen LogP contribution in [0.15, 0.2) is 30.0 Å². The van der Waals surface area contributed by atoms with E-state index in [1.807, 2.05) is 0 Å². The van der Waals surface area contributed by atoms with Gasteiger partial charge in [0.15, 0.2) is 5.11 Å². The number of hydrogen-bond donors (Lipinski definition) is 3. The zero-order valence-electron chi connectivity index (χ0n) is 7.65. The van der Waals surface area contributed by atoms with Gasteiger partial charge >= 0.3 is 0 Å². The second kappa shape index (κ2) is 3.70. The monoisotopic (exact) mass is 220 g/mol. The molecule has 3 N–H and O–H groups in total. The molecular formula is C10H8N2O2S. The van der Waals surface area contributed by atoms with Crippen molar-refractivity contribution in [3.63, 3.8) is 0 Å². The normalized spacial score (nSPS) is 17.7. The summed E-state index contributed by atoms with van der Waals surface area (Å²) < 4.78 is 0. The van der Waals surface area contributed by atoms with E-state index in [9.17, 15) is 9.90 Å². The Morgan fingerprint density at radius 3 is 2.73 bits per heavy atom. The number of nitrogens with one attached hydrogen (secondary N) is 2. The first-order chi connectivity index (χ1) is 7.15. The molecule has 0 saturated carbocycles. The first kappa shape index (κ1) is 9.67. The SMILES string of the molecule is O=C1NC(=S)N/C1=C/c1cccc(O)c1. The number of amides is 1. The second-order valence-electron chi connectivity index (χ2n) is 3.06. The van der Waals surface area contributed by atoms with Gasteiger partial charge in [-0.05, 0) is 36.0 Å². The van der Waals surface area contributed by atoms with Crippen LogP contribution in [0, 0.1) is 0 Å². The highest BCUT2D eigenvalue weighted by Crippen LogP contribution is 2.14. The Morgan fingerprint density at radius 1 is 1.33 bits per heavy atom. The van der Waals surface area contributed by atoms with E-state index in [4.69, 9.17) is 12.2 Å². The Balaban J connectivity index is 2.31. The molecule has 1 amide bonds. The summed E-state index contributed by atoms with van der Waals surface area (Å²) in [5.74, 6) is -0.103.